The number of ether oxygens (including phenoxy) is 2. The van der Waals surface area contributed by atoms with E-state index in [4.69, 9.17) is 14.6 Å². The smallest absolute Gasteiger partial charge is 0.246 e. The molecule has 0 aliphatic carbocycles. The Balaban J connectivity index is 1.63. The van der Waals surface area contributed by atoms with Gasteiger partial charge in [-0.15, -0.1) is 11.3 Å². The summed E-state index contributed by atoms with van der Waals surface area (Å²) in [6, 6.07) is 8.39. The summed E-state index contributed by atoms with van der Waals surface area (Å²) in [5, 5.41) is 7.62. The van der Waals surface area contributed by atoms with Crippen molar-refractivity contribution in [3.63, 3.8) is 0 Å². The molecule has 0 saturated heterocycles. The summed E-state index contributed by atoms with van der Waals surface area (Å²) in [5.41, 5.74) is 3.73. The Morgan fingerprint density at radius 1 is 1.29 bits per heavy atom. The molecule has 0 unspecified atom stereocenters. The first kappa shape index (κ1) is 22.2. The van der Waals surface area contributed by atoms with Crippen LogP contribution in [0.5, 0.6) is 5.75 Å². The van der Waals surface area contributed by atoms with Crippen molar-refractivity contribution < 1.29 is 18.7 Å². The number of fused-ring (bicyclic) bond motifs is 2. The quantitative estimate of drug-likeness (QED) is 0.293. The number of amides is 1. The summed E-state index contributed by atoms with van der Waals surface area (Å²) in [5.74, 6) is -0.0851. The molecule has 3 aromatic heterocycles. The van der Waals surface area contributed by atoms with E-state index in [2.05, 4.69) is 17.8 Å². The lowest BCUT2D eigenvalue weighted by Crippen LogP contribution is -2.37. The van der Waals surface area contributed by atoms with Crippen LogP contribution < -0.4 is 4.74 Å². The maximum absolute atomic E-state index is 14.2. The first-order chi connectivity index (χ1) is 16.6. The number of aromatic nitrogens is 3. The third-order valence-corrected chi connectivity index (χ3v) is 6.63. The SMILES string of the molecule is C=CC(=O)N1CCn2nc(-c3n[c]c4ccsc4c3-c3ccc(F)cc3OCCOC)cc2C1. The largest absolute Gasteiger partial charge is 0.490 e. The molecule has 0 saturated carbocycles. The number of thiophene rings is 1. The van der Waals surface area contributed by atoms with Crippen LogP contribution in [0.2, 0.25) is 0 Å². The van der Waals surface area contributed by atoms with Gasteiger partial charge in [-0.05, 0) is 35.7 Å². The molecule has 0 bridgehead atoms. The number of halogens is 1. The van der Waals surface area contributed by atoms with E-state index < -0.39 is 0 Å². The third-order valence-electron chi connectivity index (χ3n) is 5.70. The second-order valence-electron chi connectivity index (χ2n) is 7.80. The standard InChI is InChI=1S/C25H22FN4O3S/c1-3-22(31)29-7-8-30-18(15-29)13-20(28-30)24-23(25-16(14-27-24)6-11-34-25)19-5-4-17(26)12-21(19)33-10-9-32-2/h3-6,11-13H,1,7-10,15H2,2H3. The second kappa shape index (κ2) is 9.36. The molecule has 4 heterocycles. The number of nitrogens with zero attached hydrogens (tertiary/aromatic N) is 4. The highest BCUT2D eigenvalue weighted by molar-refractivity contribution is 7.17. The number of rotatable bonds is 7. The Morgan fingerprint density at radius 2 is 2.18 bits per heavy atom. The molecule has 1 radical (unpaired) electrons. The van der Waals surface area contributed by atoms with Crippen LogP contribution in [0.4, 0.5) is 4.39 Å². The lowest BCUT2D eigenvalue weighted by atomic mass is 9.99. The van der Waals surface area contributed by atoms with E-state index in [0.29, 0.717) is 43.4 Å². The molecule has 7 nitrogen and oxygen atoms in total. The number of hydrogen-bond donors (Lipinski definition) is 0. The van der Waals surface area contributed by atoms with Crippen molar-refractivity contribution in [2.24, 2.45) is 0 Å². The van der Waals surface area contributed by atoms with Crippen LogP contribution in [0, 0.1) is 12.0 Å². The molecule has 34 heavy (non-hydrogen) atoms. The number of carbonyl (C=O) groups is 1. The summed E-state index contributed by atoms with van der Waals surface area (Å²) in [6.45, 7) is 5.83. The lowest BCUT2D eigenvalue weighted by Gasteiger charge is -2.26. The molecule has 0 N–H and O–H groups in total. The van der Waals surface area contributed by atoms with E-state index in [1.807, 2.05) is 22.2 Å². The Hall–Kier alpha value is -3.56. The lowest BCUT2D eigenvalue weighted by molar-refractivity contribution is -0.127. The van der Waals surface area contributed by atoms with Gasteiger partial charge in [0.15, 0.2) is 0 Å². The van der Waals surface area contributed by atoms with Gasteiger partial charge in [0.2, 0.25) is 5.91 Å². The van der Waals surface area contributed by atoms with Crippen LogP contribution >= 0.6 is 11.3 Å². The van der Waals surface area contributed by atoms with E-state index >= 15 is 0 Å². The Morgan fingerprint density at radius 3 is 3.00 bits per heavy atom. The predicted molar refractivity (Wildman–Crippen MR) is 128 cm³/mol. The number of methoxy groups -OCH3 is 1. The van der Waals surface area contributed by atoms with Gasteiger partial charge in [-0.1, -0.05) is 6.58 Å². The minimum Gasteiger partial charge on any atom is -0.490 e. The third kappa shape index (κ3) is 4.08. The van der Waals surface area contributed by atoms with Crippen molar-refractivity contribution in [3.8, 4) is 28.3 Å². The van der Waals surface area contributed by atoms with Gasteiger partial charge in [0.25, 0.3) is 0 Å². The molecule has 4 aromatic rings. The van der Waals surface area contributed by atoms with Gasteiger partial charge >= 0.3 is 0 Å². The van der Waals surface area contributed by atoms with Crippen molar-refractivity contribution in [2.75, 3.05) is 26.9 Å². The first-order valence-corrected chi connectivity index (χ1v) is 11.7. The topological polar surface area (TPSA) is 69.5 Å². The van der Waals surface area contributed by atoms with Crippen molar-refractivity contribution in [2.45, 2.75) is 13.1 Å². The molecule has 0 fully saturated rings. The molecule has 173 valence electrons. The minimum atomic E-state index is -0.389. The first-order valence-electron chi connectivity index (χ1n) is 10.8. The van der Waals surface area contributed by atoms with Gasteiger partial charge in [-0.2, -0.15) is 5.10 Å². The highest BCUT2D eigenvalue weighted by atomic mass is 32.1. The van der Waals surface area contributed by atoms with Crippen LogP contribution in [-0.2, 0) is 22.6 Å². The van der Waals surface area contributed by atoms with Crippen LogP contribution in [0.15, 0.2) is 48.4 Å². The Labute approximate surface area is 200 Å². The molecule has 1 amide bonds. The molecule has 9 heteroatoms. The molecule has 0 spiro atoms. The van der Waals surface area contributed by atoms with Crippen molar-refractivity contribution in [1.29, 1.82) is 0 Å². The summed E-state index contributed by atoms with van der Waals surface area (Å²) in [4.78, 5) is 18.5. The summed E-state index contributed by atoms with van der Waals surface area (Å²) >= 11 is 1.56. The number of hydrogen-bond acceptors (Lipinski definition) is 6. The van der Waals surface area contributed by atoms with E-state index in [1.54, 1.807) is 29.4 Å². The van der Waals surface area contributed by atoms with Crippen molar-refractivity contribution in [3.05, 3.63) is 66.1 Å². The number of benzene rings is 1. The van der Waals surface area contributed by atoms with Gasteiger partial charge < -0.3 is 14.4 Å². The van der Waals surface area contributed by atoms with E-state index in [-0.39, 0.29) is 18.3 Å². The van der Waals surface area contributed by atoms with Crippen LogP contribution in [-0.4, -0.2) is 52.4 Å². The van der Waals surface area contributed by atoms with E-state index in [0.717, 1.165) is 26.9 Å². The molecule has 1 aromatic carbocycles. The van der Waals surface area contributed by atoms with Gasteiger partial charge in [-0.25, -0.2) is 9.37 Å². The zero-order chi connectivity index (χ0) is 23.7. The monoisotopic (exact) mass is 477 g/mol. The van der Waals surface area contributed by atoms with E-state index in [9.17, 15) is 9.18 Å². The fraction of sp³-hybridized carbons (Fsp3) is 0.240. The molecule has 5 rings (SSSR count). The fourth-order valence-corrected chi connectivity index (χ4v) is 4.97. The Bertz CT molecular complexity index is 1380. The van der Waals surface area contributed by atoms with Crippen LogP contribution in [0.3, 0.4) is 0 Å². The zero-order valence-corrected chi connectivity index (χ0v) is 19.4. The van der Waals surface area contributed by atoms with Gasteiger partial charge in [0, 0.05) is 40.9 Å². The maximum atomic E-state index is 14.2. The van der Waals surface area contributed by atoms with Gasteiger partial charge in [0.1, 0.15) is 29.6 Å². The van der Waals surface area contributed by atoms with Gasteiger partial charge in [0.05, 0.1) is 31.6 Å². The number of pyridine rings is 1. The summed E-state index contributed by atoms with van der Waals surface area (Å²) in [7, 11) is 1.59. The Kier molecular flexibility index (Phi) is 6.12. The van der Waals surface area contributed by atoms with Crippen LogP contribution in [0.25, 0.3) is 32.6 Å². The zero-order valence-electron chi connectivity index (χ0n) is 18.6. The molecule has 1 aliphatic heterocycles. The average Bonchev–Trinajstić information content (AvgIpc) is 3.50. The molecular formula is C25H22FN4O3S. The van der Waals surface area contributed by atoms with Gasteiger partial charge in [-0.3, -0.25) is 9.48 Å². The number of carbonyl (C=O) groups excluding carboxylic acids is 1. The molecule has 1 aliphatic rings. The fourth-order valence-electron chi connectivity index (χ4n) is 4.06. The average molecular weight is 478 g/mol. The summed E-state index contributed by atoms with van der Waals surface area (Å²) in [6.07, 6.45) is 4.43. The van der Waals surface area contributed by atoms with Crippen molar-refractivity contribution >= 4 is 27.3 Å². The summed E-state index contributed by atoms with van der Waals surface area (Å²) < 4.78 is 28.0. The normalized spacial score (nSPS) is 13.2. The molecular weight excluding hydrogens is 455 g/mol. The highest BCUT2D eigenvalue weighted by Gasteiger charge is 2.25. The highest BCUT2D eigenvalue weighted by Crippen LogP contribution is 2.42. The van der Waals surface area contributed by atoms with Crippen molar-refractivity contribution in [1.82, 2.24) is 19.7 Å². The maximum Gasteiger partial charge on any atom is 0.246 e. The predicted octanol–water partition coefficient (Wildman–Crippen LogP) is 4.32. The van der Waals surface area contributed by atoms with E-state index in [1.165, 1.54) is 18.2 Å². The minimum absolute atomic E-state index is 0.106. The van der Waals surface area contributed by atoms with Crippen LogP contribution in [0.1, 0.15) is 5.69 Å². The molecule has 0 atom stereocenters. The second-order valence-corrected chi connectivity index (χ2v) is 8.72.